The van der Waals surface area contributed by atoms with Crippen molar-refractivity contribution >= 4 is 17.5 Å². The first-order valence-electron chi connectivity index (χ1n) is 6.48. The van der Waals surface area contributed by atoms with Gasteiger partial charge in [0, 0.05) is 27.2 Å². The summed E-state index contributed by atoms with van der Waals surface area (Å²) in [5, 5.41) is 14.2. The van der Waals surface area contributed by atoms with Crippen LogP contribution in [0.25, 0.3) is 0 Å². The highest BCUT2D eigenvalue weighted by atomic mass is 16.6. The minimum atomic E-state index is -0.447. The lowest BCUT2D eigenvalue weighted by atomic mass is 10.3. The molecule has 1 aromatic rings. The zero-order valence-corrected chi connectivity index (χ0v) is 12.3. The molecule has 0 spiro atoms. The summed E-state index contributed by atoms with van der Waals surface area (Å²) in [7, 11) is 3.33. The monoisotopic (exact) mass is 283 g/mol. The Hall–Kier alpha value is -1.96. The zero-order chi connectivity index (χ0) is 15.1. The summed E-state index contributed by atoms with van der Waals surface area (Å²) in [6.07, 6.45) is 0.925. The highest BCUT2D eigenvalue weighted by Crippen LogP contribution is 2.28. The van der Waals surface area contributed by atoms with E-state index in [9.17, 15) is 10.1 Å². The number of hydrogen-bond donors (Lipinski definition) is 1. The first-order chi connectivity index (χ1) is 9.51. The predicted molar refractivity (Wildman–Crippen MR) is 77.4 cm³/mol. The topological polar surface area (TPSA) is 93.4 Å². The van der Waals surface area contributed by atoms with Crippen molar-refractivity contribution in [2.24, 2.45) is 0 Å². The van der Waals surface area contributed by atoms with Crippen molar-refractivity contribution in [3.05, 3.63) is 15.8 Å². The van der Waals surface area contributed by atoms with E-state index in [4.69, 9.17) is 4.74 Å². The average molecular weight is 283 g/mol. The van der Waals surface area contributed by atoms with Crippen LogP contribution in [0.3, 0.4) is 0 Å². The summed E-state index contributed by atoms with van der Waals surface area (Å²) >= 11 is 0. The number of nitrogens with one attached hydrogen (secondary N) is 1. The number of nitrogens with zero attached hydrogens (tertiary/aromatic N) is 4. The molecule has 1 heterocycles. The molecule has 1 N–H and O–H groups in total. The zero-order valence-electron chi connectivity index (χ0n) is 12.3. The number of aromatic nitrogens is 2. The second-order valence-corrected chi connectivity index (χ2v) is 4.40. The van der Waals surface area contributed by atoms with E-state index in [1.807, 2.05) is 6.92 Å². The van der Waals surface area contributed by atoms with Crippen LogP contribution in [-0.4, -0.2) is 48.7 Å². The maximum Gasteiger partial charge on any atom is 0.332 e. The molecule has 0 bridgehead atoms. The van der Waals surface area contributed by atoms with E-state index in [-0.39, 0.29) is 5.69 Å². The molecule has 0 unspecified atom stereocenters. The molecule has 1 rings (SSSR count). The highest BCUT2D eigenvalue weighted by molar-refractivity contribution is 5.62. The number of rotatable bonds is 8. The second kappa shape index (κ2) is 7.59. The fourth-order valence-corrected chi connectivity index (χ4v) is 1.68. The molecular formula is C12H21N5O3. The number of ether oxygens (including phenoxy) is 1. The van der Waals surface area contributed by atoms with E-state index < -0.39 is 4.92 Å². The molecule has 0 atom stereocenters. The van der Waals surface area contributed by atoms with E-state index in [1.54, 1.807) is 26.0 Å². The average Bonchev–Trinajstić information content (AvgIpc) is 2.41. The Morgan fingerprint density at radius 3 is 2.70 bits per heavy atom. The maximum absolute atomic E-state index is 11.2. The number of likely N-dealkylation sites (N-methyl/N-ethyl adjacent to an activating group) is 1. The third-order valence-electron chi connectivity index (χ3n) is 2.75. The van der Waals surface area contributed by atoms with Crippen molar-refractivity contribution in [2.75, 3.05) is 44.1 Å². The lowest BCUT2D eigenvalue weighted by Gasteiger charge is -2.18. The second-order valence-electron chi connectivity index (χ2n) is 4.40. The van der Waals surface area contributed by atoms with Gasteiger partial charge in [-0.2, -0.15) is 4.98 Å². The molecule has 0 amide bonds. The Morgan fingerprint density at radius 2 is 2.15 bits per heavy atom. The Kier molecular flexibility index (Phi) is 6.10. The Balaban J connectivity index is 3.14. The lowest BCUT2D eigenvalue weighted by Crippen LogP contribution is -2.25. The molecule has 0 fully saturated rings. The van der Waals surface area contributed by atoms with E-state index in [2.05, 4.69) is 15.3 Å². The number of hydrogen-bond acceptors (Lipinski definition) is 7. The fraction of sp³-hybridized carbons (Fsp3) is 0.667. The van der Waals surface area contributed by atoms with E-state index >= 15 is 0 Å². The van der Waals surface area contributed by atoms with Gasteiger partial charge in [0.2, 0.25) is 11.8 Å². The molecule has 0 saturated carbocycles. The Morgan fingerprint density at radius 1 is 1.45 bits per heavy atom. The van der Waals surface area contributed by atoms with Gasteiger partial charge in [-0.3, -0.25) is 10.1 Å². The van der Waals surface area contributed by atoms with Gasteiger partial charge in [-0.05, 0) is 13.3 Å². The van der Waals surface area contributed by atoms with E-state index in [0.717, 1.165) is 13.0 Å². The van der Waals surface area contributed by atoms with Gasteiger partial charge >= 0.3 is 5.69 Å². The van der Waals surface area contributed by atoms with Crippen LogP contribution in [0.5, 0.6) is 0 Å². The molecule has 0 aliphatic rings. The third kappa shape index (κ3) is 4.02. The van der Waals surface area contributed by atoms with Gasteiger partial charge in [-0.25, -0.2) is 4.98 Å². The van der Waals surface area contributed by atoms with Crippen LogP contribution in [0.2, 0.25) is 0 Å². The maximum atomic E-state index is 11.2. The van der Waals surface area contributed by atoms with Gasteiger partial charge in [0.25, 0.3) is 0 Å². The summed E-state index contributed by atoms with van der Waals surface area (Å²) in [4.78, 5) is 20.8. The highest BCUT2D eigenvalue weighted by Gasteiger charge is 2.24. The summed E-state index contributed by atoms with van der Waals surface area (Å²) in [6.45, 7) is 5.34. The Labute approximate surface area is 118 Å². The molecule has 0 aliphatic heterocycles. The van der Waals surface area contributed by atoms with Crippen molar-refractivity contribution in [3.8, 4) is 0 Å². The molecule has 112 valence electrons. The standard InChI is InChI=1S/C12H21N5O3/c1-5-6-13-12-14-9(2)10(17(18)19)11(15-12)16(3)7-8-20-4/h5-8H2,1-4H3,(H,13,14,15). The first-order valence-corrected chi connectivity index (χ1v) is 6.48. The largest absolute Gasteiger partial charge is 0.383 e. The van der Waals surface area contributed by atoms with Crippen molar-refractivity contribution in [1.82, 2.24) is 9.97 Å². The van der Waals surface area contributed by atoms with Gasteiger partial charge in [0.1, 0.15) is 5.69 Å². The molecule has 1 aromatic heterocycles. The fourth-order valence-electron chi connectivity index (χ4n) is 1.68. The molecule has 0 aliphatic carbocycles. The van der Waals surface area contributed by atoms with Crippen molar-refractivity contribution in [1.29, 1.82) is 0 Å². The predicted octanol–water partition coefficient (Wildman–Crippen LogP) is 1.60. The summed E-state index contributed by atoms with van der Waals surface area (Å²) in [6, 6.07) is 0. The van der Waals surface area contributed by atoms with E-state index in [0.29, 0.717) is 30.6 Å². The van der Waals surface area contributed by atoms with Crippen molar-refractivity contribution < 1.29 is 9.66 Å². The minimum absolute atomic E-state index is 0.0642. The van der Waals surface area contributed by atoms with Gasteiger partial charge in [-0.15, -0.1) is 0 Å². The summed E-state index contributed by atoms with van der Waals surface area (Å²) < 4.78 is 4.99. The number of aryl methyl sites for hydroxylation is 1. The molecule has 8 nitrogen and oxygen atoms in total. The van der Waals surface area contributed by atoms with Crippen molar-refractivity contribution in [3.63, 3.8) is 0 Å². The van der Waals surface area contributed by atoms with Crippen LogP contribution in [0.4, 0.5) is 17.5 Å². The van der Waals surface area contributed by atoms with Crippen LogP contribution < -0.4 is 10.2 Å². The summed E-state index contributed by atoms with van der Waals surface area (Å²) in [5.41, 5.74) is 0.286. The quantitative estimate of drug-likeness (QED) is 0.572. The molecule has 20 heavy (non-hydrogen) atoms. The van der Waals surface area contributed by atoms with Crippen LogP contribution in [0.15, 0.2) is 0 Å². The number of anilines is 2. The SMILES string of the molecule is CCCNc1nc(C)c([N+](=O)[O-])c(N(C)CCOC)n1. The lowest BCUT2D eigenvalue weighted by molar-refractivity contribution is -0.385. The number of methoxy groups -OCH3 is 1. The van der Waals surface area contributed by atoms with Crippen molar-refractivity contribution in [2.45, 2.75) is 20.3 Å². The Bertz CT molecular complexity index is 467. The molecule has 8 heteroatoms. The molecule has 0 saturated heterocycles. The van der Waals surface area contributed by atoms with Gasteiger partial charge < -0.3 is 15.0 Å². The summed E-state index contributed by atoms with van der Waals surface area (Å²) in [5.74, 6) is 0.715. The first kappa shape index (κ1) is 16.1. The number of nitro groups is 1. The molecule has 0 aromatic carbocycles. The molecule has 0 radical (unpaired) electrons. The van der Waals surface area contributed by atoms with E-state index in [1.165, 1.54) is 0 Å². The smallest absolute Gasteiger partial charge is 0.332 e. The van der Waals surface area contributed by atoms with Crippen LogP contribution >= 0.6 is 0 Å². The van der Waals surface area contributed by atoms with Gasteiger partial charge in [0.15, 0.2) is 0 Å². The van der Waals surface area contributed by atoms with Gasteiger partial charge in [-0.1, -0.05) is 6.92 Å². The van der Waals surface area contributed by atoms with Crippen LogP contribution in [0, 0.1) is 17.0 Å². The molecular weight excluding hydrogens is 262 g/mol. The third-order valence-corrected chi connectivity index (χ3v) is 2.75. The van der Waals surface area contributed by atoms with Crippen LogP contribution in [-0.2, 0) is 4.74 Å². The minimum Gasteiger partial charge on any atom is -0.383 e. The van der Waals surface area contributed by atoms with Crippen LogP contribution in [0.1, 0.15) is 19.0 Å². The van der Waals surface area contributed by atoms with Gasteiger partial charge in [0.05, 0.1) is 11.5 Å². The normalized spacial score (nSPS) is 10.4.